The molecule has 30 heavy (non-hydrogen) atoms. The van der Waals surface area contributed by atoms with E-state index in [-0.39, 0.29) is 23.9 Å². The maximum absolute atomic E-state index is 12.5. The summed E-state index contributed by atoms with van der Waals surface area (Å²) in [5.74, 6) is -0.140. The maximum Gasteiger partial charge on any atom is 0.261 e. The number of carbonyl (C=O) groups excluding carboxylic acids is 2. The van der Waals surface area contributed by atoms with Gasteiger partial charge in [-0.25, -0.2) is 4.98 Å². The van der Waals surface area contributed by atoms with Gasteiger partial charge in [0.25, 0.3) is 11.5 Å². The van der Waals surface area contributed by atoms with Gasteiger partial charge in [0.05, 0.1) is 22.8 Å². The van der Waals surface area contributed by atoms with Gasteiger partial charge in [-0.3, -0.25) is 23.9 Å². The Morgan fingerprint density at radius 2 is 1.90 bits per heavy atom. The molecule has 0 aliphatic carbocycles. The Balaban J connectivity index is 1.22. The number of piperazine rings is 1. The van der Waals surface area contributed by atoms with Crippen molar-refractivity contribution in [1.29, 1.82) is 0 Å². The molecule has 8 nitrogen and oxygen atoms in total. The highest BCUT2D eigenvalue weighted by Gasteiger charge is 2.22. The number of thiophene rings is 1. The molecule has 2 aromatic heterocycles. The van der Waals surface area contributed by atoms with Crippen LogP contribution in [0.25, 0.3) is 10.9 Å². The van der Waals surface area contributed by atoms with Crippen molar-refractivity contribution in [2.45, 2.75) is 6.54 Å². The smallest absolute Gasteiger partial charge is 0.261 e. The number of hydrogen-bond donors (Lipinski definition) is 1. The molecule has 4 rings (SSSR count). The molecule has 1 fully saturated rings. The fourth-order valence-electron chi connectivity index (χ4n) is 3.53. The van der Waals surface area contributed by atoms with Crippen LogP contribution < -0.4 is 10.9 Å². The van der Waals surface area contributed by atoms with Gasteiger partial charge in [0.2, 0.25) is 5.91 Å². The van der Waals surface area contributed by atoms with Gasteiger partial charge < -0.3 is 10.2 Å². The highest BCUT2D eigenvalue weighted by molar-refractivity contribution is 7.08. The number of rotatable bonds is 6. The number of benzene rings is 1. The number of hydrogen-bond acceptors (Lipinski definition) is 6. The lowest BCUT2D eigenvalue weighted by molar-refractivity contribution is -0.121. The third-order valence-electron chi connectivity index (χ3n) is 5.22. The van der Waals surface area contributed by atoms with E-state index in [1.54, 1.807) is 18.2 Å². The zero-order chi connectivity index (χ0) is 20.9. The summed E-state index contributed by atoms with van der Waals surface area (Å²) in [6, 6.07) is 8.94. The molecule has 0 saturated carbocycles. The minimum atomic E-state index is -0.222. The van der Waals surface area contributed by atoms with Gasteiger partial charge in [0.15, 0.2) is 0 Å². The molecule has 1 aliphatic heterocycles. The standard InChI is InChI=1S/C21H23N5O3S/c27-19(13-26-15-23-18-4-2-1-3-17(18)21(26)29)22-6-7-24-8-10-25(11-9-24)20(28)16-5-12-30-14-16/h1-5,12,14-15H,6-11,13H2,(H,22,27). The van der Waals surface area contributed by atoms with E-state index < -0.39 is 0 Å². The lowest BCUT2D eigenvalue weighted by Gasteiger charge is -2.34. The summed E-state index contributed by atoms with van der Waals surface area (Å²) in [5.41, 5.74) is 1.15. The molecule has 0 bridgehead atoms. The van der Waals surface area contributed by atoms with Crippen LogP contribution in [-0.4, -0.2) is 70.4 Å². The van der Waals surface area contributed by atoms with Crippen LogP contribution >= 0.6 is 11.3 Å². The number of fused-ring (bicyclic) bond motifs is 1. The van der Waals surface area contributed by atoms with Crippen LogP contribution in [0.15, 0.2) is 52.2 Å². The van der Waals surface area contributed by atoms with Gasteiger partial charge in [-0.1, -0.05) is 12.1 Å². The summed E-state index contributed by atoms with van der Waals surface area (Å²) >= 11 is 1.52. The molecule has 156 valence electrons. The molecule has 1 aliphatic rings. The average Bonchev–Trinajstić information content (AvgIpc) is 3.31. The van der Waals surface area contributed by atoms with E-state index in [9.17, 15) is 14.4 Å². The van der Waals surface area contributed by atoms with Gasteiger partial charge in [-0.05, 0) is 23.6 Å². The molecule has 3 heterocycles. The molecule has 0 atom stereocenters. The molecular weight excluding hydrogens is 402 g/mol. The van der Waals surface area contributed by atoms with Crippen molar-refractivity contribution >= 4 is 34.1 Å². The summed E-state index contributed by atoms with van der Waals surface area (Å²) in [5, 5.41) is 7.15. The monoisotopic (exact) mass is 425 g/mol. The van der Waals surface area contributed by atoms with E-state index >= 15 is 0 Å². The topological polar surface area (TPSA) is 87.5 Å². The van der Waals surface area contributed by atoms with Crippen LogP contribution in [0.3, 0.4) is 0 Å². The lowest BCUT2D eigenvalue weighted by atomic mass is 10.2. The Morgan fingerprint density at radius 1 is 1.10 bits per heavy atom. The zero-order valence-corrected chi connectivity index (χ0v) is 17.3. The van der Waals surface area contributed by atoms with Crippen LogP contribution in [0.4, 0.5) is 0 Å². The van der Waals surface area contributed by atoms with Crippen LogP contribution in [0.1, 0.15) is 10.4 Å². The first-order valence-corrected chi connectivity index (χ1v) is 10.8. The number of para-hydroxylation sites is 1. The molecule has 1 aromatic carbocycles. The molecule has 1 N–H and O–H groups in total. The second-order valence-electron chi connectivity index (χ2n) is 7.19. The first kappa shape index (κ1) is 20.2. The predicted octanol–water partition coefficient (Wildman–Crippen LogP) is 1.03. The van der Waals surface area contributed by atoms with Gasteiger partial charge in [-0.2, -0.15) is 11.3 Å². The Morgan fingerprint density at radius 3 is 2.67 bits per heavy atom. The van der Waals surface area contributed by atoms with E-state index in [4.69, 9.17) is 0 Å². The predicted molar refractivity (Wildman–Crippen MR) is 116 cm³/mol. The van der Waals surface area contributed by atoms with Crippen molar-refractivity contribution in [2.75, 3.05) is 39.3 Å². The van der Waals surface area contributed by atoms with Gasteiger partial charge in [0.1, 0.15) is 6.54 Å². The van der Waals surface area contributed by atoms with E-state index in [0.717, 1.165) is 18.7 Å². The van der Waals surface area contributed by atoms with Crippen molar-refractivity contribution in [1.82, 2.24) is 24.7 Å². The molecule has 3 aromatic rings. The quantitative estimate of drug-likeness (QED) is 0.638. The fourth-order valence-corrected chi connectivity index (χ4v) is 4.16. The summed E-state index contributed by atoms with van der Waals surface area (Å²) in [6.45, 7) is 4.06. The Kier molecular flexibility index (Phi) is 6.20. The minimum Gasteiger partial charge on any atom is -0.353 e. The Labute approximate surface area is 177 Å². The van der Waals surface area contributed by atoms with Crippen molar-refractivity contribution in [3.8, 4) is 0 Å². The number of nitrogens with one attached hydrogen (secondary N) is 1. The van der Waals surface area contributed by atoms with Crippen LogP contribution in [0, 0.1) is 0 Å². The van der Waals surface area contributed by atoms with Crippen LogP contribution in [0.2, 0.25) is 0 Å². The van der Waals surface area contributed by atoms with Crippen LogP contribution in [0.5, 0.6) is 0 Å². The maximum atomic E-state index is 12.5. The second-order valence-corrected chi connectivity index (χ2v) is 7.97. The molecule has 0 radical (unpaired) electrons. The molecule has 1 saturated heterocycles. The Bertz CT molecular complexity index is 1090. The molecule has 0 unspecified atom stereocenters. The first-order valence-electron chi connectivity index (χ1n) is 9.86. The van der Waals surface area contributed by atoms with E-state index in [0.29, 0.717) is 37.1 Å². The van der Waals surface area contributed by atoms with Crippen molar-refractivity contribution in [3.63, 3.8) is 0 Å². The number of aromatic nitrogens is 2. The summed E-state index contributed by atoms with van der Waals surface area (Å²) in [4.78, 5) is 45.4. The third kappa shape index (κ3) is 4.58. The number of carbonyl (C=O) groups is 2. The van der Waals surface area contributed by atoms with Gasteiger partial charge in [0, 0.05) is 44.6 Å². The number of nitrogens with zero attached hydrogens (tertiary/aromatic N) is 4. The average molecular weight is 426 g/mol. The lowest BCUT2D eigenvalue weighted by Crippen LogP contribution is -2.50. The van der Waals surface area contributed by atoms with Crippen molar-refractivity contribution in [2.24, 2.45) is 0 Å². The summed E-state index contributed by atoms with van der Waals surface area (Å²) in [6.07, 6.45) is 1.41. The molecule has 2 amide bonds. The first-order chi connectivity index (χ1) is 14.6. The highest BCUT2D eigenvalue weighted by Crippen LogP contribution is 2.11. The highest BCUT2D eigenvalue weighted by atomic mass is 32.1. The minimum absolute atomic E-state index is 0.0560. The number of amides is 2. The third-order valence-corrected chi connectivity index (χ3v) is 5.91. The van der Waals surface area contributed by atoms with Gasteiger partial charge >= 0.3 is 0 Å². The van der Waals surface area contributed by atoms with E-state index in [1.807, 2.05) is 27.8 Å². The second kappa shape index (κ2) is 9.19. The van der Waals surface area contributed by atoms with E-state index in [2.05, 4.69) is 15.2 Å². The SMILES string of the molecule is O=C(Cn1cnc2ccccc2c1=O)NCCN1CCN(C(=O)c2ccsc2)CC1. The van der Waals surface area contributed by atoms with Crippen molar-refractivity contribution < 1.29 is 9.59 Å². The van der Waals surface area contributed by atoms with Gasteiger partial charge in [-0.15, -0.1) is 0 Å². The summed E-state index contributed by atoms with van der Waals surface area (Å²) < 4.78 is 1.33. The normalized spacial score (nSPS) is 14.7. The van der Waals surface area contributed by atoms with Crippen molar-refractivity contribution in [3.05, 3.63) is 63.3 Å². The summed E-state index contributed by atoms with van der Waals surface area (Å²) in [7, 11) is 0. The zero-order valence-electron chi connectivity index (χ0n) is 16.5. The Hall–Kier alpha value is -3.04. The molecule has 9 heteroatoms. The van der Waals surface area contributed by atoms with Crippen LogP contribution in [-0.2, 0) is 11.3 Å². The fraction of sp³-hybridized carbons (Fsp3) is 0.333. The largest absolute Gasteiger partial charge is 0.353 e. The van der Waals surface area contributed by atoms with E-state index in [1.165, 1.54) is 22.2 Å². The molecular formula is C21H23N5O3S. The molecule has 0 spiro atoms.